The molecule has 3 rings (SSSR count). The summed E-state index contributed by atoms with van der Waals surface area (Å²) in [5, 5.41) is 4.21. The molecule has 27 heavy (non-hydrogen) atoms. The number of rotatable bonds is 4. The van der Waals surface area contributed by atoms with E-state index in [0.717, 1.165) is 11.4 Å². The van der Waals surface area contributed by atoms with Gasteiger partial charge in [0.25, 0.3) is 11.8 Å². The van der Waals surface area contributed by atoms with Gasteiger partial charge in [0.2, 0.25) is 5.91 Å². The fourth-order valence-corrected chi connectivity index (χ4v) is 3.18. The Labute approximate surface area is 156 Å². The van der Waals surface area contributed by atoms with Crippen LogP contribution in [-0.4, -0.2) is 45.5 Å². The van der Waals surface area contributed by atoms with E-state index in [0.29, 0.717) is 25.9 Å². The Hall–Kier alpha value is -3.10. The number of nitrogens with one attached hydrogen (secondary N) is 2. The highest BCUT2D eigenvalue weighted by Gasteiger charge is 2.30. The Morgan fingerprint density at radius 2 is 2.11 bits per heavy atom. The number of nitrogens with zero attached hydrogens (tertiary/aromatic N) is 3. The standard InChI is InChI=1S/C18H23N5O4/c1-12-9-13(2)23(21-12)11-16(24)19-20-17(25)14-5-3-7-22(10-14)18(26)15-6-4-8-27-15/h4,6,8-9,14H,3,5,7,10-11H2,1-2H3,(H,19,24)(H,20,25). The lowest BCUT2D eigenvalue weighted by Gasteiger charge is -2.31. The van der Waals surface area contributed by atoms with Crippen molar-refractivity contribution < 1.29 is 18.8 Å². The van der Waals surface area contributed by atoms with Gasteiger partial charge in [0.1, 0.15) is 6.54 Å². The molecule has 0 aromatic carbocycles. The molecule has 0 bridgehead atoms. The maximum absolute atomic E-state index is 12.4. The monoisotopic (exact) mass is 373 g/mol. The first kappa shape index (κ1) is 18.7. The number of aryl methyl sites for hydroxylation is 2. The molecule has 0 saturated carbocycles. The number of hydrazine groups is 1. The van der Waals surface area contributed by atoms with Crippen LogP contribution in [0.15, 0.2) is 28.9 Å². The third-order valence-corrected chi connectivity index (χ3v) is 4.53. The Bertz CT molecular complexity index is 827. The van der Waals surface area contributed by atoms with E-state index < -0.39 is 0 Å². The van der Waals surface area contributed by atoms with Gasteiger partial charge in [0.05, 0.1) is 17.9 Å². The molecule has 9 heteroatoms. The van der Waals surface area contributed by atoms with Crippen molar-refractivity contribution in [3.8, 4) is 0 Å². The van der Waals surface area contributed by atoms with E-state index in [1.807, 2.05) is 19.9 Å². The van der Waals surface area contributed by atoms with Crippen LogP contribution in [0.4, 0.5) is 0 Å². The molecule has 3 amide bonds. The van der Waals surface area contributed by atoms with Crippen molar-refractivity contribution >= 4 is 17.7 Å². The molecule has 9 nitrogen and oxygen atoms in total. The zero-order valence-electron chi connectivity index (χ0n) is 15.4. The van der Waals surface area contributed by atoms with Gasteiger partial charge in [-0.1, -0.05) is 0 Å². The molecule has 0 radical (unpaired) electrons. The van der Waals surface area contributed by atoms with Crippen LogP contribution < -0.4 is 10.9 Å². The Morgan fingerprint density at radius 3 is 2.78 bits per heavy atom. The van der Waals surface area contributed by atoms with Crippen LogP contribution >= 0.6 is 0 Å². The van der Waals surface area contributed by atoms with Gasteiger partial charge in [-0.2, -0.15) is 5.10 Å². The second-order valence-electron chi connectivity index (χ2n) is 6.69. The van der Waals surface area contributed by atoms with Crippen molar-refractivity contribution in [2.45, 2.75) is 33.2 Å². The third kappa shape index (κ3) is 4.55. The predicted octanol–water partition coefficient (Wildman–Crippen LogP) is 0.793. The molecule has 0 spiro atoms. The number of carbonyl (C=O) groups excluding carboxylic acids is 3. The van der Waals surface area contributed by atoms with Gasteiger partial charge in [-0.05, 0) is 44.9 Å². The summed E-state index contributed by atoms with van der Waals surface area (Å²) in [4.78, 5) is 38.4. The molecule has 3 heterocycles. The summed E-state index contributed by atoms with van der Waals surface area (Å²) >= 11 is 0. The fraction of sp³-hybridized carbons (Fsp3) is 0.444. The average molecular weight is 373 g/mol. The minimum atomic E-state index is -0.383. The molecule has 1 saturated heterocycles. The first-order valence-electron chi connectivity index (χ1n) is 8.86. The highest BCUT2D eigenvalue weighted by Crippen LogP contribution is 2.19. The number of hydrogen-bond acceptors (Lipinski definition) is 5. The molecule has 2 N–H and O–H groups in total. The minimum Gasteiger partial charge on any atom is -0.459 e. The first-order valence-corrected chi connectivity index (χ1v) is 8.86. The fourth-order valence-electron chi connectivity index (χ4n) is 3.18. The van der Waals surface area contributed by atoms with Crippen molar-refractivity contribution in [3.05, 3.63) is 41.6 Å². The lowest BCUT2D eigenvalue weighted by molar-refractivity contribution is -0.132. The van der Waals surface area contributed by atoms with Crippen LogP contribution in [0.2, 0.25) is 0 Å². The van der Waals surface area contributed by atoms with Crippen LogP contribution in [0, 0.1) is 19.8 Å². The quantitative estimate of drug-likeness (QED) is 0.770. The van der Waals surface area contributed by atoms with Crippen molar-refractivity contribution in [1.82, 2.24) is 25.5 Å². The largest absolute Gasteiger partial charge is 0.459 e. The summed E-state index contributed by atoms with van der Waals surface area (Å²) in [6.07, 6.45) is 2.81. The zero-order chi connectivity index (χ0) is 19.4. The minimum absolute atomic E-state index is 0.0216. The lowest BCUT2D eigenvalue weighted by atomic mass is 9.97. The first-order chi connectivity index (χ1) is 12.9. The van der Waals surface area contributed by atoms with E-state index in [2.05, 4.69) is 16.0 Å². The molecule has 1 aliphatic heterocycles. The van der Waals surface area contributed by atoms with Crippen LogP contribution in [0.1, 0.15) is 34.8 Å². The van der Waals surface area contributed by atoms with Crippen molar-refractivity contribution in [2.75, 3.05) is 13.1 Å². The number of likely N-dealkylation sites (tertiary alicyclic amines) is 1. The van der Waals surface area contributed by atoms with Crippen LogP contribution in [0.3, 0.4) is 0 Å². The normalized spacial score (nSPS) is 16.8. The molecule has 0 aliphatic carbocycles. The van der Waals surface area contributed by atoms with Crippen LogP contribution in [0.25, 0.3) is 0 Å². The molecular weight excluding hydrogens is 350 g/mol. The summed E-state index contributed by atoms with van der Waals surface area (Å²) < 4.78 is 6.70. The third-order valence-electron chi connectivity index (χ3n) is 4.53. The summed E-state index contributed by atoms with van der Waals surface area (Å²) in [6, 6.07) is 5.13. The Balaban J connectivity index is 1.49. The molecule has 2 aromatic heterocycles. The molecule has 1 atom stereocenters. The van der Waals surface area contributed by atoms with E-state index in [-0.39, 0.29) is 35.9 Å². The van der Waals surface area contributed by atoms with E-state index in [1.54, 1.807) is 21.7 Å². The Kier molecular flexibility index (Phi) is 5.58. The second-order valence-corrected chi connectivity index (χ2v) is 6.69. The number of furan rings is 1. The number of hydrogen-bond donors (Lipinski definition) is 2. The van der Waals surface area contributed by atoms with E-state index in [1.165, 1.54) is 6.26 Å². The molecule has 2 aromatic rings. The smallest absolute Gasteiger partial charge is 0.289 e. The van der Waals surface area contributed by atoms with Crippen LogP contribution in [-0.2, 0) is 16.1 Å². The second kappa shape index (κ2) is 8.07. The van der Waals surface area contributed by atoms with Gasteiger partial charge in [0, 0.05) is 18.8 Å². The molecule has 1 aliphatic rings. The van der Waals surface area contributed by atoms with E-state index >= 15 is 0 Å². The van der Waals surface area contributed by atoms with Gasteiger partial charge in [0.15, 0.2) is 5.76 Å². The summed E-state index contributed by atoms with van der Waals surface area (Å²) in [6.45, 7) is 4.60. The Morgan fingerprint density at radius 1 is 1.30 bits per heavy atom. The lowest BCUT2D eigenvalue weighted by Crippen LogP contribution is -2.50. The molecule has 1 fully saturated rings. The van der Waals surface area contributed by atoms with E-state index in [4.69, 9.17) is 4.42 Å². The van der Waals surface area contributed by atoms with Crippen molar-refractivity contribution in [2.24, 2.45) is 5.92 Å². The highest BCUT2D eigenvalue weighted by molar-refractivity contribution is 5.92. The van der Waals surface area contributed by atoms with Crippen molar-refractivity contribution in [1.29, 1.82) is 0 Å². The average Bonchev–Trinajstić information content (AvgIpc) is 3.29. The number of carbonyl (C=O) groups is 3. The van der Waals surface area contributed by atoms with E-state index in [9.17, 15) is 14.4 Å². The van der Waals surface area contributed by atoms with Gasteiger partial charge in [-0.25, -0.2) is 0 Å². The van der Waals surface area contributed by atoms with Gasteiger partial charge >= 0.3 is 0 Å². The van der Waals surface area contributed by atoms with Gasteiger partial charge < -0.3 is 9.32 Å². The highest BCUT2D eigenvalue weighted by atomic mass is 16.3. The van der Waals surface area contributed by atoms with Gasteiger partial charge in [-0.15, -0.1) is 0 Å². The molecule has 144 valence electrons. The van der Waals surface area contributed by atoms with Crippen molar-refractivity contribution in [3.63, 3.8) is 0 Å². The maximum atomic E-state index is 12.4. The summed E-state index contributed by atoms with van der Waals surface area (Å²) in [5.41, 5.74) is 6.56. The SMILES string of the molecule is Cc1cc(C)n(CC(=O)NNC(=O)C2CCCN(C(=O)c3ccco3)C2)n1. The summed E-state index contributed by atoms with van der Waals surface area (Å²) in [7, 11) is 0. The summed E-state index contributed by atoms with van der Waals surface area (Å²) in [5.74, 6) is -1.03. The number of piperidine rings is 1. The number of aromatic nitrogens is 2. The number of amides is 3. The molecular formula is C18H23N5O4. The zero-order valence-corrected chi connectivity index (χ0v) is 15.4. The topological polar surface area (TPSA) is 109 Å². The predicted molar refractivity (Wildman–Crippen MR) is 95.3 cm³/mol. The van der Waals surface area contributed by atoms with Gasteiger partial charge in [-0.3, -0.25) is 29.9 Å². The maximum Gasteiger partial charge on any atom is 0.289 e. The molecule has 1 unspecified atom stereocenters. The van der Waals surface area contributed by atoms with Crippen LogP contribution in [0.5, 0.6) is 0 Å².